The molecule has 3 aromatic carbocycles. The molecule has 51 heavy (non-hydrogen) atoms. The molecule has 1 fully saturated rings. The number of aromatic amines is 1. The van der Waals surface area contributed by atoms with E-state index in [1.165, 1.54) is 25.7 Å². The minimum absolute atomic E-state index is 0.0976. The summed E-state index contributed by atoms with van der Waals surface area (Å²) in [5.74, 6) is 1.17. The molecule has 1 aliphatic rings. The number of benzene rings is 3. The number of nitrogens with zero attached hydrogens (tertiary/aromatic N) is 7. The summed E-state index contributed by atoms with van der Waals surface area (Å²) < 4.78 is 48.9. The fourth-order valence-corrected chi connectivity index (χ4v) is 6.78. The van der Waals surface area contributed by atoms with E-state index in [-0.39, 0.29) is 23.6 Å². The van der Waals surface area contributed by atoms with E-state index in [2.05, 4.69) is 42.1 Å². The molecule has 6 aromatic rings. The average Bonchev–Trinajstić information content (AvgIpc) is 3.80. The number of piperazine rings is 1. The van der Waals surface area contributed by atoms with Gasteiger partial charge in [-0.3, -0.25) is 9.89 Å². The number of rotatable bonds is 10. The molecule has 0 bridgehead atoms. The van der Waals surface area contributed by atoms with Crippen LogP contribution < -0.4 is 15.0 Å². The third-order valence-corrected chi connectivity index (χ3v) is 9.34. The zero-order valence-corrected chi connectivity index (χ0v) is 28.3. The molecule has 0 unspecified atom stereocenters. The molecular formula is C36H33ClF3N9O2. The Morgan fingerprint density at radius 1 is 1.06 bits per heavy atom. The number of hydrogen-bond acceptors (Lipinski definition) is 8. The highest BCUT2D eigenvalue weighted by Crippen LogP contribution is 2.42. The molecular weight excluding hydrogens is 683 g/mol. The van der Waals surface area contributed by atoms with Crippen LogP contribution in [0.25, 0.3) is 38.6 Å². The van der Waals surface area contributed by atoms with Crippen LogP contribution in [0.15, 0.2) is 79.9 Å². The molecule has 0 atom stereocenters. The van der Waals surface area contributed by atoms with Crippen LogP contribution in [0.5, 0.6) is 5.75 Å². The normalized spacial score (nSPS) is 13.6. The molecule has 0 aliphatic carbocycles. The Kier molecular flexibility index (Phi) is 9.25. The average molecular weight is 716 g/mol. The molecule has 7 rings (SSSR count). The number of amides is 1. The van der Waals surface area contributed by atoms with Crippen LogP contribution in [0.3, 0.4) is 0 Å². The number of fused-ring (bicyclic) bond motifs is 2. The number of ether oxygens (including phenoxy) is 1. The SMILES string of the molecule is C=CC(=O)N1CCN(c2ncnc3cc(-c4c(NCCCc5cnn(-c6ccc(OC)cc6)c5C(F)(F)F)ccc5[nH]ncc45)c(Cl)cc23)CC1. The zero-order valence-electron chi connectivity index (χ0n) is 27.5. The van der Waals surface area contributed by atoms with Gasteiger partial charge in [-0.2, -0.15) is 23.4 Å². The van der Waals surface area contributed by atoms with Gasteiger partial charge < -0.3 is 19.9 Å². The van der Waals surface area contributed by atoms with E-state index in [9.17, 15) is 18.0 Å². The summed E-state index contributed by atoms with van der Waals surface area (Å²) in [4.78, 5) is 25.1. The van der Waals surface area contributed by atoms with Gasteiger partial charge >= 0.3 is 6.18 Å². The number of halogens is 4. The third kappa shape index (κ3) is 6.66. The lowest BCUT2D eigenvalue weighted by Gasteiger charge is -2.35. The summed E-state index contributed by atoms with van der Waals surface area (Å²) in [7, 11) is 1.49. The molecule has 0 saturated carbocycles. The number of methoxy groups -OCH3 is 1. The fourth-order valence-electron chi connectivity index (χ4n) is 6.52. The largest absolute Gasteiger partial charge is 0.497 e. The number of carbonyl (C=O) groups excluding carboxylic acids is 1. The first-order valence-electron chi connectivity index (χ1n) is 16.3. The number of aromatic nitrogens is 6. The summed E-state index contributed by atoms with van der Waals surface area (Å²) in [6.07, 6.45) is 1.77. The van der Waals surface area contributed by atoms with Crippen LogP contribution in [-0.2, 0) is 17.4 Å². The van der Waals surface area contributed by atoms with Gasteiger partial charge in [0.2, 0.25) is 5.91 Å². The summed E-state index contributed by atoms with van der Waals surface area (Å²) >= 11 is 7.02. The zero-order chi connectivity index (χ0) is 35.7. The fraction of sp³-hybridized carbons (Fsp3) is 0.250. The van der Waals surface area contributed by atoms with Crippen molar-refractivity contribution in [2.75, 3.05) is 50.1 Å². The highest BCUT2D eigenvalue weighted by molar-refractivity contribution is 6.35. The first-order valence-corrected chi connectivity index (χ1v) is 16.6. The Hall–Kier alpha value is -5.63. The molecule has 0 radical (unpaired) electrons. The van der Waals surface area contributed by atoms with Crippen LogP contribution in [0.1, 0.15) is 17.7 Å². The molecule has 1 amide bonds. The number of nitrogens with one attached hydrogen (secondary N) is 2. The molecule has 262 valence electrons. The summed E-state index contributed by atoms with van der Waals surface area (Å²) in [5, 5.41) is 16.8. The topological polar surface area (TPSA) is 117 Å². The number of carbonyl (C=O) groups is 1. The Labute approximate surface area is 295 Å². The van der Waals surface area contributed by atoms with Crippen molar-refractivity contribution < 1.29 is 22.7 Å². The van der Waals surface area contributed by atoms with E-state index in [4.69, 9.17) is 16.3 Å². The number of aryl methyl sites for hydroxylation is 1. The molecule has 0 spiro atoms. The molecule has 1 aliphatic heterocycles. The Balaban J connectivity index is 1.14. The Bertz CT molecular complexity index is 2230. The van der Waals surface area contributed by atoms with Crippen molar-refractivity contribution in [3.63, 3.8) is 0 Å². The van der Waals surface area contributed by atoms with E-state index in [0.717, 1.165) is 38.0 Å². The van der Waals surface area contributed by atoms with Crippen LogP contribution in [0.2, 0.25) is 5.02 Å². The maximum Gasteiger partial charge on any atom is 0.433 e. The summed E-state index contributed by atoms with van der Waals surface area (Å²) in [6.45, 7) is 6.24. The van der Waals surface area contributed by atoms with Crippen LogP contribution in [0.4, 0.5) is 24.7 Å². The van der Waals surface area contributed by atoms with Crippen molar-refractivity contribution >= 4 is 50.8 Å². The van der Waals surface area contributed by atoms with Gasteiger partial charge in [0.1, 0.15) is 17.9 Å². The van der Waals surface area contributed by atoms with Crippen molar-refractivity contribution in [3.05, 3.63) is 96.2 Å². The highest BCUT2D eigenvalue weighted by Gasteiger charge is 2.38. The second kappa shape index (κ2) is 13.9. The van der Waals surface area contributed by atoms with Gasteiger partial charge in [0.15, 0.2) is 5.69 Å². The minimum atomic E-state index is -4.60. The monoisotopic (exact) mass is 715 g/mol. The second-order valence-corrected chi connectivity index (χ2v) is 12.4. The van der Waals surface area contributed by atoms with Gasteiger partial charge in [0.05, 0.1) is 36.2 Å². The van der Waals surface area contributed by atoms with Gasteiger partial charge in [-0.25, -0.2) is 14.6 Å². The van der Waals surface area contributed by atoms with Crippen LogP contribution >= 0.6 is 11.6 Å². The second-order valence-electron chi connectivity index (χ2n) is 12.0. The minimum Gasteiger partial charge on any atom is -0.497 e. The van der Waals surface area contributed by atoms with E-state index < -0.39 is 11.9 Å². The van der Waals surface area contributed by atoms with Crippen molar-refractivity contribution in [2.45, 2.75) is 19.0 Å². The quantitative estimate of drug-likeness (QED) is 0.116. The molecule has 2 N–H and O–H groups in total. The van der Waals surface area contributed by atoms with Crippen LogP contribution in [-0.4, -0.2) is 80.6 Å². The van der Waals surface area contributed by atoms with Gasteiger partial charge in [-0.15, -0.1) is 0 Å². The maximum absolute atomic E-state index is 14.3. The molecule has 11 nitrogen and oxygen atoms in total. The van der Waals surface area contributed by atoms with Crippen molar-refractivity contribution in [3.8, 4) is 22.6 Å². The predicted molar refractivity (Wildman–Crippen MR) is 191 cm³/mol. The standard InChI is InChI=1S/C36H33ClF3N9O2/c1-3-32(50)47-13-15-48(16-14-47)35-26-17-28(37)25(18-31(26)42-21-43-35)33-27-20-44-46-29(27)10-11-30(33)41-12-4-5-22-19-45-49(34(22)36(38,39)40)23-6-8-24(51-2)9-7-23/h3,6-11,17-21,41H,1,4-5,12-16H2,2H3,(H,44,46). The van der Waals surface area contributed by atoms with Gasteiger partial charge in [-0.1, -0.05) is 18.2 Å². The molecule has 1 saturated heterocycles. The van der Waals surface area contributed by atoms with Crippen molar-refractivity contribution in [2.24, 2.45) is 0 Å². The molecule has 15 heteroatoms. The summed E-state index contributed by atoms with van der Waals surface area (Å²) in [6, 6.07) is 13.8. The Morgan fingerprint density at radius 3 is 2.57 bits per heavy atom. The van der Waals surface area contributed by atoms with E-state index in [0.29, 0.717) is 61.0 Å². The first-order chi connectivity index (χ1) is 24.7. The van der Waals surface area contributed by atoms with Gasteiger partial charge in [0, 0.05) is 70.9 Å². The lowest BCUT2D eigenvalue weighted by atomic mass is 9.98. The van der Waals surface area contributed by atoms with Crippen LogP contribution in [0, 0.1) is 0 Å². The number of alkyl halides is 3. The lowest BCUT2D eigenvalue weighted by molar-refractivity contribution is -0.143. The van der Waals surface area contributed by atoms with E-state index >= 15 is 0 Å². The highest BCUT2D eigenvalue weighted by atomic mass is 35.5. The number of H-pyrrole nitrogens is 1. The lowest BCUT2D eigenvalue weighted by Crippen LogP contribution is -2.48. The summed E-state index contributed by atoms with van der Waals surface area (Å²) in [5.41, 5.74) is 3.31. The molecule has 3 aromatic heterocycles. The predicted octanol–water partition coefficient (Wildman–Crippen LogP) is 6.92. The van der Waals surface area contributed by atoms with Gasteiger partial charge in [0.25, 0.3) is 0 Å². The van der Waals surface area contributed by atoms with E-state index in [1.807, 2.05) is 24.3 Å². The third-order valence-electron chi connectivity index (χ3n) is 9.03. The maximum atomic E-state index is 14.3. The first kappa shape index (κ1) is 33.8. The van der Waals surface area contributed by atoms with Crippen molar-refractivity contribution in [1.29, 1.82) is 0 Å². The van der Waals surface area contributed by atoms with E-state index in [1.54, 1.807) is 35.4 Å². The van der Waals surface area contributed by atoms with Gasteiger partial charge in [-0.05, 0) is 67.4 Å². The smallest absolute Gasteiger partial charge is 0.433 e. The Morgan fingerprint density at radius 2 is 1.84 bits per heavy atom. The number of anilines is 2. The number of hydrogen-bond donors (Lipinski definition) is 2. The molecule has 4 heterocycles. The van der Waals surface area contributed by atoms with Crippen molar-refractivity contribution in [1.82, 2.24) is 34.8 Å².